The quantitative estimate of drug-likeness (QED) is 0.508. The van der Waals surface area contributed by atoms with E-state index in [-0.39, 0.29) is 16.7 Å². The van der Waals surface area contributed by atoms with Gasteiger partial charge in [0.1, 0.15) is 0 Å². The Balaban J connectivity index is 1.83. The van der Waals surface area contributed by atoms with Gasteiger partial charge in [0.15, 0.2) is 11.6 Å². The van der Waals surface area contributed by atoms with E-state index in [0.29, 0.717) is 29.8 Å². The molecular weight excluding hydrogens is 419 g/mol. The van der Waals surface area contributed by atoms with Gasteiger partial charge in [-0.3, -0.25) is 0 Å². The van der Waals surface area contributed by atoms with Gasteiger partial charge in [-0.25, -0.2) is 22.9 Å². The number of nitrogens with two attached hydrogens (primary N) is 1. The van der Waals surface area contributed by atoms with E-state index in [9.17, 15) is 12.8 Å². The van der Waals surface area contributed by atoms with Crippen LogP contribution in [0.15, 0.2) is 47.5 Å². The maximum Gasteiger partial charge on any atom is 0.238 e. The zero-order valence-electron chi connectivity index (χ0n) is 17.0. The van der Waals surface area contributed by atoms with E-state index in [2.05, 4.69) is 26.7 Å². The fraction of sp³-hybridized carbons (Fsp3) is 0.190. The van der Waals surface area contributed by atoms with Gasteiger partial charge in [0.2, 0.25) is 16.0 Å². The Morgan fingerprint density at radius 3 is 2.48 bits per heavy atom. The van der Waals surface area contributed by atoms with Crippen LogP contribution in [0.5, 0.6) is 0 Å². The molecule has 0 fully saturated rings. The van der Waals surface area contributed by atoms with Crippen LogP contribution in [0.2, 0.25) is 0 Å². The molecule has 0 amide bonds. The molecule has 0 atom stereocenters. The van der Waals surface area contributed by atoms with E-state index < -0.39 is 15.8 Å². The molecule has 0 radical (unpaired) electrons. The molecule has 0 saturated heterocycles. The zero-order valence-corrected chi connectivity index (χ0v) is 17.8. The Kier molecular flexibility index (Phi) is 6.48. The van der Waals surface area contributed by atoms with Gasteiger partial charge >= 0.3 is 0 Å². The SMILES string of the molecule is Cc1cc(Nc2nc(Nc3ccc(C)c(S(N)(=O)=O)c3)ncc2F)ccc1CCC#N. The summed E-state index contributed by atoms with van der Waals surface area (Å²) in [6.45, 7) is 3.55. The fourth-order valence-electron chi connectivity index (χ4n) is 3.01. The molecule has 4 N–H and O–H groups in total. The first kappa shape index (κ1) is 22.1. The number of sulfonamides is 1. The lowest BCUT2D eigenvalue weighted by Gasteiger charge is -2.12. The van der Waals surface area contributed by atoms with Gasteiger partial charge in [0.25, 0.3) is 0 Å². The van der Waals surface area contributed by atoms with E-state index in [4.69, 9.17) is 10.4 Å². The van der Waals surface area contributed by atoms with Gasteiger partial charge in [-0.05, 0) is 61.2 Å². The highest BCUT2D eigenvalue weighted by Crippen LogP contribution is 2.24. The summed E-state index contributed by atoms with van der Waals surface area (Å²) in [7, 11) is -3.89. The normalized spacial score (nSPS) is 11.1. The lowest BCUT2D eigenvalue weighted by atomic mass is 10.0. The van der Waals surface area contributed by atoms with E-state index in [0.717, 1.165) is 17.3 Å². The van der Waals surface area contributed by atoms with Crippen molar-refractivity contribution in [3.8, 4) is 6.07 Å². The van der Waals surface area contributed by atoms with Crippen LogP contribution in [0.25, 0.3) is 0 Å². The molecular formula is C21H21FN6O2S. The van der Waals surface area contributed by atoms with Crippen LogP contribution >= 0.6 is 0 Å². The van der Waals surface area contributed by atoms with E-state index in [1.165, 1.54) is 6.07 Å². The predicted molar refractivity (Wildman–Crippen MR) is 116 cm³/mol. The molecule has 0 aliphatic rings. The second kappa shape index (κ2) is 9.07. The highest BCUT2D eigenvalue weighted by Gasteiger charge is 2.14. The maximum atomic E-state index is 14.3. The number of nitrogens with zero attached hydrogens (tertiary/aromatic N) is 3. The molecule has 0 unspecified atom stereocenters. The number of anilines is 4. The van der Waals surface area contributed by atoms with Crippen LogP contribution in [0.3, 0.4) is 0 Å². The van der Waals surface area contributed by atoms with Crippen molar-refractivity contribution in [1.29, 1.82) is 5.26 Å². The van der Waals surface area contributed by atoms with Crippen molar-refractivity contribution in [3.63, 3.8) is 0 Å². The number of aromatic nitrogens is 2. The molecule has 1 aromatic heterocycles. The molecule has 0 aliphatic carbocycles. The van der Waals surface area contributed by atoms with Crippen molar-refractivity contribution < 1.29 is 12.8 Å². The first-order valence-electron chi connectivity index (χ1n) is 9.34. The third kappa shape index (κ3) is 5.53. The topological polar surface area (TPSA) is 134 Å². The number of primary sulfonamides is 1. The largest absolute Gasteiger partial charge is 0.338 e. The number of halogens is 1. The van der Waals surface area contributed by atoms with Crippen LogP contribution in [-0.2, 0) is 16.4 Å². The van der Waals surface area contributed by atoms with Gasteiger partial charge in [-0.2, -0.15) is 10.2 Å². The van der Waals surface area contributed by atoms with Crippen molar-refractivity contribution in [2.75, 3.05) is 10.6 Å². The van der Waals surface area contributed by atoms with Gasteiger partial charge in [0, 0.05) is 17.8 Å². The first-order chi connectivity index (χ1) is 14.7. The summed E-state index contributed by atoms with van der Waals surface area (Å²) in [6.07, 6.45) is 2.09. The van der Waals surface area contributed by atoms with Crippen molar-refractivity contribution in [3.05, 3.63) is 65.1 Å². The molecule has 3 aromatic rings. The van der Waals surface area contributed by atoms with Crippen molar-refractivity contribution in [1.82, 2.24) is 9.97 Å². The molecule has 0 bridgehead atoms. The van der Waals surface area contributed by atoms with Gasteiger partial charge < -0.3 is 10.6 Å². The second-order valence-electron chi connectivity index (χ2n) is 6.96. The average molecular weight is 441 g/mol. The molecule has 0 aliphatic heterocycles. The van der Waals surface area contributed by atoms with Gasteiger partial charge in [-0.15, -0.1) is 0 Å². The van der Waals surface area contributed by atoms with E-state index in [1.54, 1.807) is 25.1 Å². The summed E-state index contributed by atoms with van der Waals surface area (Å²) < 4.78 is 37.7. The van der Waals surface area contributed by atoms with Crippen molar-refractivity contribution in [2.45, 2.75) is 31.6 Å². The Labute approximate surface area is 180 Å². The summed E-state index contributed by atoms with van der Waals surface area (Å²) in [5.74, 6) is -0.609. The van der Waals surface area contributed by atoms with Crippen molar-refractivity contribution >= 4 is 33.2 Å². The number of nitriles is 1. The monoisotopic (exact) mass is 440 g/mol. The van der Waals surface area contributed by atoms with E-state index >= 15 is 0 Å². The average Bonchev–Trinajstić information content (AvgIpc) is 2.70. The summed E-state index contributed by atoms with van der Waals surface area (Å²) in [6, 6.07) is 12.2. The summed E-state index contributed by atoms with van der Waals surface area (Å²) >= 11 is 0. The fourth-order valence-corrected chi connectivity index (χ4v) is 3.82. The third-order valence-corrected chi connectivity index (χ3v) is 5.66. The Bertz CT molecular complexity index is 1270. The van der Waals surface area contributed by atoms with Crippen molar-refractivity contribution in [2.24, 2.45) is 5.14 Å². The molecule has 3 rings (SSSR count). The molecule has 160 valence electrons. The molecule has 2 aromatic carbocycles. The van der Waals surface area contributed by atoms with Gasteiger partial charge in [-0.1, -0.05) is 12.1 Å². The number of nitrogens with one attached hydrogen (secondary N) is 2. The summed E-state index contributed by atoms with van der Waals surface area (Å²) in [5, 5.41) is 19.8. The molecule has 31 heavy (non-hydrogen) atoms. The third-order valence-electron chi connectivity index (χ3n) is 4.61. The first-order valence-corrected chi connectivity index (χ1v) is 10.9. The molecule has 0 spiro atoms. The zero-order chi connectivity index (χ0) is 22.6. The standard InChI is InChI=1S/C21H21FN6O2S/c1-13-5-7-17(11-19(13)31(24,29)30)27-21-25-12-18(22)20(28-21)26-16-8-6-15(4-3-9-23)14(2)10-16/h5-8,10-12H,3-4H2,1-2H3,(H2,24,29,30)(H2,25,26,27,28). The summed E-state index contributed by atoms with van der Waals surface area (Å²) in [5.41, 5.74) is 3.55. The van der Waals surface area contributed by atoms with Crippen LogP contribution in [0.1, 0.15) is 23.1 Å². The molecule has 8 nitrogen and oxygen atoms in total. The predicted octanol–water partition coefficient (Wildman–Crippen LogP) is 3.82. The second-order valence-corrected chi connectivity index (χ2v) is 8.49. The molecule has 0 saturated carbocycles. The minimum absolute atomic E-state index is 0.0232. The number of hydrogen-bond donors (Lipinski definition) is 3. The van der Waals surface area contributed by atoms with Crippen LogP contribution in [-0.4, -0.2) is 18.4 Å². The summed E-state index contributed by atoms with van der Waals surface area (Å²) in [4.78, 5) is 8.03. The minimum Gasteiger partial charge on any atom is -0.338 e. The number of hydrogen-bond acceptors (Lipinski definition) is 7. The van der Waals surface area contributed by atoms with Gasteiger partial charge in [0.05, 0.1) is 17.2 Å². The van der Waals surface area contributed by atoms with Crippen LogP contribution in [0.4, 0.5) is 27.5 Å². The van der Waals surface area contributed by atoms with Crippen LogP contribution < -0.4 is 15.8 Å². The van der Waals surface area contributed by atoms with E-state index in [1.807, 2.05) is 19.1 Å². The molecule has 10 heteroatoms. The number of benzene rings is 2. The highest BCUT2D eigenvalue weighted by atomic mass is 32.2. The Morgan fingerprint density at radius 1 is 1.10 bits per heavy atom. The Morgan fingerprint density at radius 2 is 1.81 bits per heavy atom. The lowest BCUT2D eigenvalue weighted by molar-refractivity contribution is 0.597. The van der Waals surface area contributed by atoms with Crippen LogP contribution in [0, 0.1) is 31.0 Å². The Hall–Kier alpha value is -3.55. The highest BCUT2D eigenvalue weighted by molar-refractivity contribution is 7.89. The molecule has 1 heterocycles. The number of aryl methyl sites for hydroxylation is 3. The minimum atomic E-state index is -3.89. The maximum absolute atomic E-state index is 14.3. The smallest absolute Gasteiger partial charge is 0.238 e. The lowest BCUT2D eigenvalue weighted by Crippen LogP contribution is -2.14. The number of rotatable bonds is 7.